The molecule has 0 aliphatic carbocycles. The molecular weight excluding hydrogens is 282 g/mol. The second-order valence-electron chi connectivity index (χ2n) is 5.24. The first kappa shape index (κ1) is 14.6. The van der Waals surface area contributed by atoms with Gasteiger partial charge in [-0.2, -0.15) is 0 Å². The number of carbonyl (C=O) groups is 1. The summed E-state index contributed by atoms with van der Waals surface area (Å²) in [5, 5.41) is 3.00. The number of benzene rings is 1. The van der Waals surface area contributed by atoms with E-state index in [-0.39, 0.29) is 18.6 Å². The van der Waals surface area contributed by atoms with Gasteiger partial charge in [-0.1, -0.05) is 18.2 Å². The number of imidazole rings is 1. The van der Waals surface area contributed by atoms with Crippen LogP contribution in [0.1, 0.15) is 23.9 Å². The minimum atomic E-state index is -0.129. The molecule has 1 amide bonds. The summed E-state index contributed by atoms with van der Waals surface area (Å²) in [4.78, 5) is 16.2. The van der Waals surface area contributed by atoms with Crippen molar-refractivity contribution in [3.63, 3.8) is 0 Å². The van der Waals surface area contributed by atoms with Gasteiger partial charge in [0.2, 0.25) is 5.91 Å². The van der Waals surface area contributed by atoms with Crippen LogP contribution in [0.4, 0.5) is 0 Å². The van der Waals surface area contributed by atoms with Gasteiger partial charge in [0.25, 0.3) is 0 Å². The molecule has 0 radical (unpaired) electrons. The summed E-state index contributed by atoms with van der Waals surface area (Å²) in [6, 6.07) is 7.76. The molecule has 1 aromatic heterocycles. The lowest BCUT2D eigenvalue weighted by molar-refractivity contribution is -0.127. The number of nitrogens with zero attached hydrogens (tertiary/aromatic N) is 2. The monoisotopic (exact) mass is 301 g/mol. The summed E-state index contributed by atoms with van der Waals surface area (Å²) in [6.45, 7) is 0.948. The van der Waals surface area contributed by atoms with Crippen molar-refractivity contribution in [2.75, 3.05) is 13.2 Å². The van der Waals surface area contributed by atoms with E-state index in [1.165, 1.54) is 0 Å². The van der Waals surface area contributed by atoms with E-state index in [2.05, 4.69) is 10.3 Å². The lowest BCUT2D eigenvalue weighted by atomic mass is 10.0. The molecule has 6 heteroatoms. The van der Waals surface area contributed by atoms with Crippen molar-refractivity contribution < 1.29 is 14.3 Å². The van der Waals surface area contributed by atoms with E-state index < -0.39 is 0 Å². The molecule has 2 heterocycles. The van der Waals surface area contributed by atoms with Crippen LogP contribution in [0.15, 0.2) is 36.7 Å². The maximum absolute atomic E-state index is 12.0. The number of rotatable bonds is 5. The Morgan fingerprint density at radius 1 is 1.50 bits per heavy atom. The molecule has 3 rings (SSSR count). The zero-order valence-electron chi connectivity index (χ0n) is 12.5. The van der Waals surface area contributed by atoms with Gasteiger partial charge in [0.05, 0.1) is 12.6 Å². The average molecular weight is 301 g/mol. The third-order valence-corrected chi connectivity index (χ3v) is 3.68. The number of hydrogen-bond acceptors (Lipinski definition) is 4. The predicted octanol–water partition coefficient (Wildman–Crippen LogP) is 1.58. The number of nitrogens with one attached hydrogen (secondary N) is 1. The van der Waals surface area contributed by atoms with Crippen molar-refractivity contribution in [3.8, 4) is 5.75 Å². The number of aromatic nitrogens is 2. The summed E-state index contributed by atoms with van der Waals surface area (Å²) in [5.74, 6) is 1.51. The Balaban J connectivity index is 1.51. The Kier molecular flexibility index (Phi) is 4.39. The first-order chi connectivity index (χ1) is 10.7. The lowest BCUT2D eigenvalue weighted by Gasteiger charge is -2.26. The first-order valence-electron chi connectivity index (χ1n) is 7.29. The van der Waals surface area contributed by atoms with Gasteiger partial charge < -0.3 is 19.4 Å². The molecule has 1 aliphatic heterocycles. The van der Waals surface area contributed by atoms with Crippen LogP contribution >= 0.6 is 0 Å². The van der Waals surface area contributed by atoms with Crippen molar-refractivity contribution in [1.29, 1.82) is 0 Å². The number of aryl methyl sites for hydroxylation is 1. The normalized spacial score (nSPS) is 16.7. The molecule has 1 N–H and O–H groups in total. The summed E-state index contributed by atoms with van der Waals surface area (Å²) in [6.07, 6.45) is 4.32. The highest BCUT2D eigenvalue weighted by Gasteiger charge is 2.22. The van der Waals surface area contributed by atoms with Crippen LogP contribution in [-0.4, -0.2) is 28.7 Å². The molecule has 0 fully saturated rings. The van der Waals surface area contributed by atoms with Gasteiger partial charge in [-0.05, 0) is 6.07 Å². The van der Waals surface area contributed by atoms with Crippen molar-refractivity contribution in [1.82, 2.24) is 14.9 Å². The summed E-state index contributed by atoms with van der Waals surface area (Å²) in [5.41, 5.74) is 1.02. The third kappa shape index (κ3) is 3.28. The van der Waals surface area contributed by atoms with Gasteiger partial charge >= 0.3 is 0 Å². The SMILES string of the molecule is Cn1ccnc1COCC(=O)NC1CCOc2ccccc21. The maximum atomic E-state index is 12.0. The Morgan fingerprint density at radius 2 is 2.36 bits per heavy atom. The molecule has 22 heavy (non-hydrogen) atoms. The van der Waals surface area contributed by atoms with Gasteiger partial charge in [-0.15, -0.1) is 0 Å². The van der Waals surface area contributed by atoms with E-state index >= 15 is 0 Å². The topological polar surface area (TPSA) is 65.4 Å². The van der Waals surface area contributed by atoms with Crippen LogP contribution in [0.25, 0.3) is 0 Å². The molecular formula is C16H19N3O3. The zero-order chi connectivity index (χ0) is 15.4. The molecule has 116 valence electrons. The van der Waals surface area contributed by atoms with Gasteiger partial charge in [0, 0.05) is 31.4 Å². The number of carbonyl (C=O) groups excluding carboxylic acids is 1. The fraction of sp³-hybridized carbons (Fsp3) is 0.375. The van der Waals surface area contributed by atoms with Crippen molar-refractivity contribution >= 4 is 5.91 Å². The number of hydrogen-bond donors (Lipinski definition) is 1. The highest BCUT2D eigenvalue weighted by Crippen LogP contribution is 2.31. The van der Waals surface area contributed by atoms with E-state index in [1.807, 2.05) is 42.1 Å². The minimum absolute atomic E-state index is 0.0192. The van der Waals surface area contributed by atoms with Crippen LogP contribution in [0.2, 0.25) is 0 Å². The highest BCUT2D eigenvalue weighted by atomic mass is 16.5. The van der Waals surface area contributed by atoms with Gasteiger partial charge in [-0.25, -0.2) is 4.98 Å². The smallest absolute Gasteiger partial charge is 0.246 e. The lowest BCUT2D eigenvalue weighted by Crippen LogP contribution is -2.34. The van der Waals surface area contributed by atoms with Crippen LogP contribution in [0.5, 0.6) is 5.75 Å². The molecule has 0 saturated heterocycles. The van der Waals surface area contributed by atoms with E-state index in [0.29, 0.717) is 13.2 Å². The van der Waals surface area contributed by atoms with E-state index in [1.54, 1.807) is 6.20 Å². The van der Waals surface area contributed by atoms with E-state index in [9.17, 15) is 4.79 Å². The Hall–Kier alpha value is -2.34. The third-order valence-electron chi connectivity index (χ3n) is 3.68. The van der Waals surface area contributed by atoms with E-state index in [0.717, 1.165) is 23.6 Å². The highest BCUT2D eigenvalue weighted by molar-refractivity contribution is 5.77. The summed E-state index contributed by atoms with van der Waals surface area (Å²) < 4.78 is 12.9. The minimum Gasteiger partial charge on any atom is -0.493 e. The van der Waals surface area contributed by atoms with E-state index in [4.69, 9.17) is 9.47 Å². The summed E-state index contributed by atoms with van der Waals surface area (Å²) in [7, 11) is 1.89. The Bertz CT molecular complexity index is 654. The van der Waals surface area contributed by atoms with Gasteiger partial charge in [0.1, 0.15) is 24.8 Å². The Morgan fingerprint density at radius 3 is 3.18 bits per heavy atom. The quantitative estimate of drug-likeness (QED) is 0.910. The molecule has 1 unspecified atom stereocenters. The second-order valence-corrected chi connectivity index (χ2v) is 5.24. The zero-order valence-corrected chi connectivity index (χ0v) is 12.5. The molecule has 0 spiro atoms. The molecule has 2 aromatic rings. The number of fused-ring (bicyclic) bond motifs is 1. The molecule has 1 aromatic carbocycles. The molecule has 1 atom stereocenters. The molecule has 0 bridgehead atoms. The first-order valence-corrected chi connectivity index (χ1v) is 7.29. The van der Waals surface area contributed by atoms with Crippen molar-refractivity contribution in [2.45, 2.75) is 19.1 Å². The maximum Gasteiger partial charge on any atom is 0.246 e. The van der Waals surface area contributed by atoms with Crippen LogP contribution in [-0.2, 0) is 23.2 Å². The number of ether oxygens (including phenoxy) is 2. The van der Waals surface area contributed by atoms with Crippen LogP contribution in [0.3, 0.4) is 0 Å². The number of para-hydroxylation sites is 1. The second kappa shape index (κ2) is 6.62. The average Bonchev–Trinajstić information content (AvgIpc) is 2.93. The standard InChI is InChI=1S/C16H19N3O3/c1-19-8-7-17-15(19)10-21-11-16(20)18-13-6-9-22-14-5-3-2-4-12(13)14/h2-5,7-8,13H,6,9-11H2,1H3,(H,18,20). The van der Waals surface area contributed by atoms with Crippen LogP contribution < -0.4 is 10.1 Å². The fourth-order valence-electron chi connectivity index (χ4n) is 2.50. The van der Waals surface area contributed by atoms with Gasteiger partial charge in [0.15, 0.2) is 0 Å². The fourth-order valence-corrected chi connectivity index (χ4v) is 2.50. The Labute approximate surface area is 129 Å². The van der Waals surface area contributed by atoms with Crippen molar-refractivity contribution in [2.24, 2.45) is 7.05 Å². The molecule has 6 nitrogen and oxygen atoms in total. The van der Waals surface area contributed by atoms with Gasteiger partial charge in [-0.3, -0.25) is 4.79 Å². The number of amides is 1. The molecule has 1 aliphatic rings. The molecule has 0 saturated carbocycles. The van der Waals surface area contributed by atoms with Crippen LogP contribution in [0, 0.1) is 0 Å². The largest absolute Gasteiger partial charge is 0.493 e. The summed E-state index contributed by atoms with van der Waals surface area (Å²) >= 11 is 0. The van der Waals surface area contributed by atoms with Crippen molar-refractivity contribution in [3.05, 3.63) is 48.0 Å². The predicted molar refractivity (Wildman–Crippen MR) is 80.3 cm³/mol.